The van der Waals surface area contributed by atoms with E-state index in [4.69, 9.17) is 17.0 Å². The van der Waals surface area contributed by atoms with Gasteiger partial charge in [-0.2, -0.15) is 4.98 Å². The highest BCUT2D eigenvalue weighted by atomic mass is 32.2. The van der Waals surface area contributed by atoms with Gasteiger partial charge in [-0.15, -0.1) is 0 Å². The molecule has 8 heteroatoms. The molecule has 1 fully saturated rings. The molecule has 0 saturated carbocycles. The Morgan fingerprint density at radius 1 is 1.19 bits per heavy atom. The van der Waals surface area contributed by atoms with Crippen LogP contribution in [0.15, 0.2) is 52.3 Å². The fourth-order valence-corrected chi connectivity index (χ4v) is 4.83. The van der Waals surface area contributed by atoms with Crippen molar-refractivity contribution in [3.63, 3.8) is 0 Å². The van der Waals surface area contributed by atoms with Crippen LogP contribution in [0.1, 0.15) is 37.0 Å². The standard InChI is InChI=1S/C24H23N3O3S2/c1-5-16(4)27-23(29)19(32-24(27)31)13-18-21(30-17-10-8-14(2)9-11-17)25-20-15(3)7-6-12-26(20)22(18)28/h6-13,16H,5H2,1-4H3. The summed E-state index contributed by atoms with van der Waals surface area (Å²) in [6.07, 6.45) is 3.99. The number of aromatic nitrogens is 2. The van der Waals surface area contributed by atoms with Crippen molar-refractivity contribution in [1.82, 2.24) is 14.3 Å². The number of thioether (sulfide) groups is 1. The smallest absolute Gasteiger partial charge is 0.269 e. The van der Waals surface area contributed by atoms with Gasteiger partial charge in [0.2, 0.25) is 5.88 Å². The quantitative estimate of drug-likeness (QED) is 0.386. The second-order valence-corrected chi connectivity index (χ2v) is 9.42. The Kier molecular flexibility index (Phi) is 6.17. The maximum atomic E-state index is 13.4. The Labute approximate surface area is 195 Å². The van der Waals surface area contributed by atoms with Crippen LogP contribution in [0.3, 0.4) is 0 Å². The molecule has 4 rings (SSSR count). The van der Waals surface area contributed by atoms with Crippen LogP contribution in [-0.2, 0) is 4.79 Å². The monoisotopic (exact) mass is 465 g/mol. The number of aryl methyl sites for hydroxylation is 2. The Bertz CT molecular complexity index is 1310. The van der Waals surface area contributed by atoms with Crippen LogP contribution in [0.5, 0.6) is 11.6 Å². The number of thiocarbonyl (C=S) groups is 1. The molecule has 0 bridgehead atoms. The minimum atomic E-state index is -0.311. The van der Waals surface area contributed by atoms with Gasteiger partial charge in [0, 0.05) is 12.2 Å². The Balaban J connectivity index is 1.87. The van der Waals surface area contributed by atoms with Gasteiger partial charge in [0.25, 0.3) is 11.5 Å². The lowest BCUT2D eigenvalue weighted by Crippen LogP contribution is -2.36. The largest absolute Gasteiger partial charge is 0.438 e. The number of ether oxygens (including phenoxy) is 1. The van der Waals surface area contributed by atoms with Crippen molar-refractivity contribution < 1.29 is 9.53 Å². The van der Waals surface area contributed by atoms with E-state index in [2.05, 4.69) is 4.98 Å². The Morgan fingerprint density at radius 3 is 2.59 bits per heavy atom. The fourth-order valence-electron chi connectivity index (χ4n) is 3.38. The van der Waals surface area contributed by atoms with Crippen LogP contribution in [0.25, 0.3) is 11.7 Å². The first kappa shape index (κ1) is 22.2. The molecule has 0 N–H and O–H groups in total. The van der Waals surface area contributed by atoms with Gasteiger partial charge in [0.1, 0.15) is 21.3 Å². The van der Waals surface area contributed by atoms with Crippen molar-refractivity contribution in [1.29, 1.82) is 0 Å². The number of nitrogens with zero attached hydrogens (tertiary/aromatic N) is 3. The third kappa shape index (κ3) is 4.08. The molecule has 1 aliphatic heterocycles. The van der Waals surface area contributed by atoms with E-state index < -0.39 is 0 Å². The maximum Gasteiger partial charge on any atom is 0.269 e. The zero-order valence-electron chi connectivity index (χ0n) is 18.3. The van der Waals surface area contributed by atoms with Crippen molar-refractivity contribution in [3.8, 4) is 11.6 Å². The number of carbonyl (C=O) groups excluding carboxylic acids is 1. The zero-order valence-corrected chi connectivity index (χ0v) is 19.9. The molecule has 1 amide bonds. The number of amides is 1. The van der Waals surface area contributed by atoms with Crippen molar-refractivity contribution in [3.05, 3.63) is 74.5 Å². The van der Waals surface area contributed by atoms with Crippen LogP contribution in [0, 0.1) is 13.8 Å². The maximum absolute atomic E-state index is 13.4. The van der Waals surface area contributed by atoms with Crippen molar-refractivity contribution in [2.45, 2.75) is 40.2 Å². The molecule has 1 aromatic carbocycles. The van der Waals surface area contributed by atoms with Crippen LogP contribution < -0.4 is 10.3 Å². The van der Waals surface area contributed by atoms with Gasteiger partial charge in [-0.3, -0.25) is 18.9 Å². The van der Waals surface area contributed by atoms with E-state index in [0.29, 0.717) is 20.6 Å². The third-order valence-corrected chi connectivity index (χ3v) is 6.75. The van der Waals surface area contributed by atoms with Crippen molar-refractivity contribution in [2.75, 3.05) is 0 Å². The molecule has 3 aromatic rings. The average Bonchev–Trinajstić information content (AvgIpc) is 3.05. The summed E-state index contributed by atoms with van der Waals surface area (Å²) in [5, 5.41) is 0. The number of rotatable bonds is 5. The summed E-state index contributed by atoms with van der Waals surface area (Å²) in [5.74, 6) is 0.508. The summed E-state index contributed by atoms with van der Waals surface area (Å²) in [5.41, 5.74) is 2.33. The predicted molar refractivity (Wildman–Crippen MR) is 132 cm³/mol. The highest BCUT2D eigenvalue weighted by Crippen LogP contribution is 2.35. The minimum Gasteiger partial charge on any atom is -0.438 e. The predicted octanol–water partition coefficient (Wildman–Crippen LogP) is 5.10. The van der Waals surface area contributed by atoms with E-state index in [-0.39, 0.29) is 29.0 Å². The van der Waals surface area contributed by atoms with Crippen LogP contribution in [0.4, 0.5) is 0 Å². The van der Waals surface area contributed by atoms with Gasteiger partial charge in [0.15, 0.2) is 0 Å². The first-order valence-corrected chi connectivity index (χ1v) is 11.6. The molecule has 6 nitrogen and oxygen atoms in total. The normalized spacial score (nSPS) is 16.2. The number of carbonyl (C=O) groups is 1. The molecule has 1 atom stereocenters. The summed E-state index contributed by atoms with van der Waals surface area (Å²) < 4.78 is 8.00. The second kappa shape index (κ2) is 8.88. The van der Waals surface area contributed by atoms with E-state index >= 15 is 0 Å². The second-order valence-electron chi connectivity index (χ2n) is 7.74. The molecule has 0 radical (unpaired) electrons. The highest BCUT2D eigenvalue weighted by molar-refractivity contribution is 8.26. The van der Waals surface area contributed by atoms with Gasteiger partial charge >= 0.3 is 0 Å². The Morgan fingerprint density at radius 2 is 1.91 bits per heavy atom. The summed E-state index contributed by atoms with van der Waals surface area (Å²) in [7, 11) is 0. The first-order valence-electron chi connectivity index (χ1n) is 10.3. The van der Waals surface area contributed by atoms with E-state index in [1.807, 2.05) is 58.0 Å². The topological polar surface area (TPSA) is 63.9 Å². The number of pyridine rings is 1. The fraction of sp³-hybridized carbons (Fsp3) is 0.250. The van der Waals surface area contributed by atoms with Crippen LogP contribution in [0.2, 0.25) is 0 Å². The van der Waals surface area contributed by atoms with Crippen LogP contribution >= 0.6 is 24.0 Å². The molecule has 2 aromatic heterocycles. The van der Waals surface area contributed by atoms with E-state index in [0.717, 1.165) is 17.5 Å². The lowest BCUT2D eigenvalue weighted by molar-refractivity contribution is -0.123. The number of benzene rings is 1. The molecule has 1 saturated heterocycles. The number of fused-ring (bicyclic) bond motifs is 1. The molecule has 1 aliphatic rings. The third-order valence-electron chi connectivity index (χ3n) is 5.42. The van der Waals surface area contributed by atoms with Gasteiger partial charge in [-0.1, -0.05) is 54.7 Å². The summed E-state index contributed by atoms with van der Waals surface area (Å²) in [6.45, 7) is 7.82. The summed E-state index contributed by atoms with van der Waals surface area (Å²) in [4.78, 5) is 33.1. The van der Waals surface area contributed by atoms with E-state index in [1.54, 1.807) is 23.2 Å². The van der Waals surface area contributed by atoms with Gasteiger partial charge in [0.05, 0.1) is 4.91 Å². The zero-order chi connectivity index (χ0) is 23.0. The van der Waals surface area contributed by atoms with E-state index in [9.17, 15) is 9.59 Å². The molecule has 32 heavy (non-hydrogen) atoms. The van der Waals surface area contributed by atoms with Crippen molar-refractivity contribution in [2.24, 2.45) is 0 Å². The minimum absolute atomic E-state index is 0.0184. The van der Waals surface area contributed by atoms with Gasteiger partial charge in [-0.05, 0) is 57.0 Å². The molecule has 0 aliphatic carbocycles. The lowest BCUT2D eigenvalue weighted by atomic mass is 10.2. The molecule has 0 spiro atoms. The summed E-state index contributed by atoms with van der Waals surface area (Å²) in [6, 6.07) is 11.1. The Hall–Kier alpha value is -2.97. The highest BCUT2D eigenvalue weighted by Gasteiger charge is 2.35. The van der Waals surface area contributed by atoms with Crippen LogP contribution in [-0.4, -0.2) is 30.6 Å². The van der Waals surface area contributed by atoms with Crippen molar-refractivity contribution >= 4 is 45.9 Å². The number of hydrogen-bond acceptors (Lipinski definition) is 6. The van der Waals surface area contributed by atoms with Gasteiger partial charge in [-0.25, -0.2) is 0 Å². The molecule has 1 unspecified atom stereocenters. The SMILES string of the molecule is CCC(C)N1C(=O)C(=Cc2c(Oc3ccc(C)cc3)nc3c(C)cccn3c2=O)SC1=S. The number of hydrogen-bond donors (Lipinski definition) is 0. The molecular weight excluding hydrogens is 442 g/mol. The van der Waals surface area contributed by atoms with Gasteiger partial charge < -0.3 is 4.74 Å². The summed E-state index contributed by atoms with van der Waals surface area (Å²) >= 11 is 6.62. The lowest BCUT2D eigenvalue weighted by Gasteiger charge is -2.21. The first-order chi connectivity index (χ1) is 15.3. The molecule has 164 valence electrons. The molecule has 3 heterocycles. The van der Waals surface area contributed by atoms with E-state index in [1.165, 1.54) is 16.2 Å². The molecular formula is C24H23N3O3S2. The average molecular weight is 466 g/mol.